The molecule has 0 aliphatic heterocycles. The second kappa shape index (κ2) is 6.60. The summed E-state index contributed by atoms with van der Waals surface area (Å²) in [6.45, 7) is 4.42. The molecule has 0 spiro atoms. The maximum Gasteiger partial charge on any atom is 0.313 e. The minimum Gasteiger partial charge on any atom is -0.466 e. The van der Waals surface area contributed by atoms with Crippen molar-refractivity contribution in [3.05, 3.63) is 58.7 Å². The van der Waals surface area contributed by atoms with E-state index in [1.54, 1.807) is 0 Å². The lowest BCUT2D eigenvalue weighted by atomic mass is 9.69. The van der Waals surface area contributed by atoms with Gasteiger partial charge < -0.3 is 9.47 Å². The van der Waals surface area contributed by atoms with Crippen molar-refractivity contribution >= 4 is 11.9 Å². The molecule has 134 valence electrons. The normalized spacial score (nSPS) is 19.5. The minimum absolute atomic E-state index is 0.176. The summed E-state index contributed by atoms with van der Waals surface area (Å²) in [5.41, 5.74) is 6.47. The Balaban J connectivity index is 1.88. The van der Waals surface area contributed by atoms with E-state index in [0.717, 1.165) is 33.4 Å². The molecule has 0 radical (unpaired) electrons. The fourth-order valence-electron chi connectivity index (χ4n) is 4.34. The van der Waals surface area contributed by atoms with Gasteiger partial charge in [-0.15, -0.1) is 0 Å². The van der Waals surface area contributed by atoms with E-state index in [2.05, 4.69) is 12.1 Å². The van der Waals surface area contributed by atoms with Crippen LogP contribution in [0.4, 0.5) is 0 Å². The Kier molecular flexibility index (Phi) is 4.27. The Bertz CT molecular complexity index is 810. The molecule has 2 aliphatic rings. The van der Waals surface area contributed by atoms with E-state index in [0.29, 0.717) is 26.1 Å². The van der Waals surface area contributed by atoms with Gasteiger partial charge in [-0.05, 0) is 60.1 Å². The lowest BCUT2D eigenvalue weighted by Crippen LogP contribution is -2.28. The van der Waals surface area contributed by atoms with Gasteiger partial charge in [0.2, 0.25) is 0 Å². The molecular weight excluding hydrogens is 328 g/mol. The summed E-state index contributed by atoms with van der Waals surface area (Å²) in [7, 11) is 0. The molecule has 0 amide bonds. The first-order chi connectivity index (χ1) is 12.7. The number of ether oxygens (including phenoxy) is 2. The average molecular weight is 350 g/mol. The molecule has 2 aliphatic carbocycles. The summed E-state index contributed by atoms with van der Waals surface area (Å²) in [6, 6.07) is 12.1. The molecule has 2 aromatic carbocycles. The molecule has 4 nitrogen and oxygen atoms in total. The first-order valence-corrected chi connectivity index (χ1v) is 9.22. The zero-order chi connectivity index (χ0) is 18.3. The van der Waals surface area contributed by atoms with Crippen LogP contribution in [0.25, 0.3) is 11.1 Å². The largest absolute Gasteiger partial charge is 0.466 e. The van der Waals surface area contributed by atoms with Gasteiger partial charge in [0.15, 0.2) is 0 Å². The SMILES string of the molecule is CCOC(=O)[C@H]1Cc2cccc3c2-c2c(cccc21)C[C@@H]3C(=O)OCC. The predicted molar refractivity (Wildman–Crippen MR) is 98.0 cm³/mol. The lowest BCUT2D eigenvalue weighted by molar-refractivity contribution is -0.146. The number of carbonyl (C=O) groups is 2. The van der Waals surface area contributed by atoms with Gasteiger partial charge >= 0.3 is 11.9 Å². The number of rotatable bonds is 4. The predicted octanol–water partition coefficient (Wildman–Crippen LogP) is 3.76. The van der Waals surface area contributed by atoms with Crippen molar-refractivity contribution in [3.63, 3.8) is 0 Å². The van der Waals surface area contributed by atoms with E-state index >= 15 is 0 Å². The molecule has 0 saturated heterocycles. The molecule has 0 aromatic heterocycles. The topological polar surface area (TPSA) is 52.6 Å². The number of benzene rings is 2. The summed E-state index contributed by atoms with van der Waals surface area (Å²) < 4.78 is 10.6. The van der Waals surface area contributed by atoms with Crippen molar-refractivity contribution in [2.75, 3.05) is 13.2 Å². The molecule has 0 heterocycles. The third-order valence-corrected chi connectivity index (χ3v) is 5.36. The summed E-state index contributed by atoms with van der Waals surface area (Å²) in [4.78, 5) is 25.1. The molecule has 2 atom stereocenters. The van der Waals surface area contributed by atoms with Crippen LogP contribution in [0.2, 0.25) is 0 Å². The molecule has 4 heteroatoms. The number of esters is 2. The van der Waals surface area contributed by atoms with Crippen LogP contribution >= 0.6 is 0 Å². The maximum atomic E-state index is 12.5. The monoisotopic (exact) mass is 350 g/mol. The van der Waals surface area contributed by atoms with Gasteiger partial charge in [-0.3, -0.25) is 9.59 Å². The number of hydrogen-bond acceptors (Lipinski definition) is 4. The highest BCUT2D eigenvalue weighted by atomic mass is 16.5. The summed E-state index contributed by atoms with van der Waals surface area (Å²) in [5.74, 6) is -0.924. The molecule has 0 saturated carbocycles. The van der Waals surface area contributed by atoms with E-state index in [1.165, 1.54) is 0 Å². The third kappa shape index (κ3) is 2.52. The highest BCUT2D eigenvalue weighted by Crippen LogP contribution is 2.49. The van der Waals surface area contributed by atoms with Gasteiger partial charge in [0.1, 0.15) is 0 Å². The summed E-state index contributed by atoms with van der Waals surface area (Å²) in [6.07, 6.45) is 1.21. The van der Waals surface area contributed by atoms with Crippen LogP contribution in [0.5, 0.6) is 0 Å². The Morgan fingerprint density at radius 2 is 1.23 bits per heavy atom. The van der Waals surface area contributed by atoms with Crippen LogP contribution in [0.1, 0.15) is 47.9 Å². The zero-order valence-electron chi connectivity index (χ0n) is 15.1. The smallest absolute Gasteiger partial charge is 0.313 e. The Hall–Kier alpha value is -2.62. The standard InChI is InChI=1S/C22H22O4/c1-3-25-21(23)17-11-13-7-6-10-16-18(22(24)26-4-2)12-14-8-5-9-15(17)19(14)20(13)16/h5-10,17-18H,3-4,11-12H2,1-2H3/t17-,18-/m0/s1. The Morgan fingerprint density at radius 3 is 1.62 bits per heavy atom. The summed E-state index contributed by atoms with van der Waals surface area (Å²) >= 11 is 0. The third-order valence-electron chi connectivity index (χ3n) is 5.36. The van der Waals surface area contributed by atoms with E-state index in [1.807, 2.05) is 38.1 Å². The Morgan fingerprint density at radius 1 is 0.808 bits per heavy atom. The highest BCUT2D eigenvalue weighted by Gasteiger charge is 2.39. The Labute approximate surface area is 153 Å². The molecule has 2 aromatic rings. The van der Waals surface area contributed by atoms with Gasteiger partial charge in [0, 0.05) is 0 Å². The maximum absolute atomic E-state index is 12.5. The van der Waals surface area contributed by atoms with Crippen molar-refractivity contribution < 1.29 is 19.1 Å². The van der Waals surface area contributed by atoms with Crippen molar-refractivity contribution in [3.8, 4) is 11.1 Å². The van der Waals surface area contributed by atoms with Crippen LogP contribution in [-0.2, 0) is 31.9 Å². The van der Waals surface area contributed by atoms with E-state index < -0.39 is 0 Å². The van der Waals surface area contributed by atoms with Crippen LogP contribution in [0.15, 0.2) is 36.4 Å². The zero-order valence-corrected chi connectivity index (χ0v) is 15.1. The van der Waals surface area contributed by atoms with Crippen LogP contribution in [0.3, 0.4) is 0 Å². The van der Waals surface area contributed by atoms with Gasteiger partial charge in [0.25, 0.3) is 0 Å². The molecule has 4 rings (SSSR count). The minimum atomic E-state index is -0.285. The average Bonchev–Trinajstić information content (AvgIpc) is 2.65. The molecule has 0 unspecified atom stereocenters. The van der Waals surface area contributed by atoms with E-state index in [9.17, 15) is 9.59 Å². The van der Waals surface area contributed by atoms with E-state index in [4.69, 9.17) is 9.47 Å². The first kappa shape index (κ1) is 16.8. The second-order valence-corrected chi connectivity index (χ2v) is 6.78. The fraction of sp³-hybridized carbons (Fsp3) is 0.364. The fourth-order valence-corrected chi connectivity index (χ4v) is 4.34. The summed E-state index contributed by atoms with van der Waals surface area (Å²) in [5, 5.41) is 0. The van der Waals surface area contributed by atoms with Crippen LogP contribution in [-0.4, -0.2) is 25.2 Å². The number of hydrogen-bond donors (Lipinski definition) is 0. The van der Waals surface area contributed by atoms with Crippen LogP contribution < -0.4 is 0 Å². The van der Waals surface area contributed by atoms with Crippen molar-refractivity contribution in [1.82, 2.24) is 0 Å². The number of carbonyl (C=O) groups excluding carboxylic acids is 2. The van der Waals surface area contributed by atoms with Gasteiger partial charge in [0.05, 0.1) is 25.0 Å². The quantitative estimate of drug-likeness (QED) is 0.788. The van der Waals surface area contributed by atoms with Gasteiger partial charge in [-0.1, -0.05) is 36.4 Å². The lowest BCUT2D eigenvalue weighted by Gasteiger charge is -2.35. The molecule has 0 N–H and O–H groups in total. The second-order valence-electron chi connectivity index (χ2n) is 6.78. The van der Waals surface area contributed by atoms with Gasteiger partial charge in [-0.25, -0.2) is 0 Å². The molecular formula is C22H22O4. The van der Waals surface area contributed by atoms with Crippen molar-refractivity contribution in [2.24, 2.45) is 0 Å². The first-order valence-electron chi connectivity index (χ1n) is 9.22. The van der Waals surface area contributed by atoms with E-state index in [-0.39, 0.29) is 23.8 Å². The van der Waals surface area contributed by atoms with Crippen molar-refractivity contribution in [2.45, 2.75) is 38.5 Å². The van der Waals surface area contributed by atoms with Crippen molar-refractivity contribution in [1.29, 1.82) is 0 Å². The highest BCUT2D eigenvalue weighted by molar-refractivity contribution is 5.93. The molecule has 0 bridgehead atoms. The van der Waals surface area contributed by atoms with Gasteiger partial charge in [-0.2, -0.15) is 0 Å². The molecule has 0 fully saturated rings. The molecule has 26 heavy (non-hydrogen) atoms. The van der Waals surface area contributed by atoms with Crippen LogP contribution in [0, 0.1) is 0 Å².